The minimum absolute atomic E-state index is 0.655. The third-order valence-electron chi connectivity index (χ3n) is 3.24. The van der Waals surface area contributed by atoms with Crippen LogP contribution in [0.1, 0.15) is 5.69 Å². The molecule has 1 N–H and O–H groups in total. The highest BCUT2D eigenvalue weighted by Gasteiger charge is 2.09. The number of nitrogens with one attached hydrogen (secondary N) is 1. The van der Waals surface area contributed by atoms with Crippen molar-refractivity contribution < 1.29 is 0 Å². The fraction of sp³-hybridized carbons (Fsp3) is 0.0714. The lowest BCUT2D eigenvalue weighted by Gasteiger charge is -2.04. The Morgan fingerprint density at radius 1 is 1.25 bits per heavy atom. The number of rotatable bonds is 1. The average Bonchev–Trinajstić information content (AvgIpc) is 3.00. The van der Waals surface area contributed by atoms with Gasteiger partial charge in [-0.2, -0.15) is 0 Å². The van der Waals surface area contributed by atoms with E-state index in [2.05, 4.69) is 21.0 Å². The summed E-state index contributed by atoms with van der Waals surface area (Å²) in [5, 5.41) is 0. The lowest BCUT2D eigenvalue weighted by molar-refractivity contribution is 1.04. The molecule has 0 saturated heterocycles. The zero-order chi connectivity index (χ0) is 13.7. The molecule has 0 amide bonds. The topological polar surface area (TPSA) is 46.5 Å². The molecule has 1 aromatic carbocycles. The van der Waals surface area contributed by atoms with Crippen LogP contribution >= 0.6 is 23.6 Å². The first-order valence-corrected chi connectivity index (χ1v) is 7.43. The van der Waals surface area contributed by atoms with Gasteiger partial charge in [-0.1, -0.05) is 0 Å². The van der Waals surface area contributed by atoms with E-state index in [0.717, 1.165) is 32.8 Å². The van der Waals surface area contributed by atoms with E-state index in [1.807, 2.05) is 41.3 Å². The molecular weight excluding hydrogens is 288 g/mol. The van der Waals surface area contributed by atoms with Gasteiger partial charge in [0, 0.05) is 5.69 Å². The Bertz CT molecular complexity index is 993. The minimum Gasteiger partial charge on any atom is -0.329 e. The summed E-state index contributed by atoms with van der Waals surface area (Å²) in [7, 11) is 0. The molecule has 0 aliphatic heterocycles. The lowest BCUT2D eigenvalue weighted by Crippen LogP contribution is -1.96. The second-order valence-electron chi connectivity index (χ2n) is 4.59. The lowest BCUT2D eigenvalue weighted by atomic mass is 10.3. The first kappa shape index (κ1) is 11.7. The van der Waals surface area contributed by atoms with Gasteiger partial charge in [0.05, 0.1) is 26.9 Å². The number of imidazole rings is 1. The smallest absolute Gasteiger partial charge is 0.183 e. The highest BCUT2D eigenvalue weighted by Crippen LogP contribution is 2.24. The van der Waals surface area contributed by atoms with Crippen LogP contribution in [0.15, 0.2) is 35.8 Å². The van der Waals surface area contributed by atoms with Crippen LogP contribution in [0.5, 0.6) is 0 Å². The summed E-state index contributed by atoms with van der Waals surface area (Å²) in [4.78, 5) is 12.1. The molecule has 0 bridgehead atoms. The second kappa shape index (κ2) is 4.22. The molecule has 0 spiro atoms. The SMILES string of the molecule is Cc1ccc2[nH]c(=S)n(-c3ccc4ncsc4c3)c2n1. The molecular formula is C14H10N4S2. The van der Waals surface area contributed by atoms with Crippen LogP contribution in [0.3, 0.4) is 0 Å². The Hall–Kier alpha value is -2.05. The highest BCUT2D eigenvalue weighted by molar-refractivity contribution is 7.71. The highest BCUT2D eigenvalue weighted by atomic mass is 32.1. The molecule has 6 heteroatoms. The number of hydrogen-bond donors (Lipinski definition) is 1. The molecule has 0 unspecified atom stereocenters. The molecule has 0 fully saturated rings. The van der Waals surface area contributed by atoms with E-state index in [0.29, 0.717) is 4.77 Å². The molecule has 0 atom stereocenters. The number of hydrogen-bond acceptors (Lipinski definition) is 4. The third-order valence-corrected chi connectivity index (χ3v) is 4.32. The van der Waals surface area contributed by atoms with Crippen molar-refractivity contribution in [2.75, 3.05) is 0 Å². The van der Waals surface area contributed by atoms with Crippen LogP contribution in [0, 0.1) is 11.7 Å². The van der Waals surface area contributed by atoms with Gasteiger partial charge in [0.2, 0.25) is 0 Å². The van der Waals surface area contributed by atoms with Gasteiger partial charge in [0.25, 0.3) is 0 Å². The molecule has 98 valence electrons. The quantitative estimate of drug-likeness (QED) is 0.540. The van der Waals surface area contributed by atoms with Crippen molar-refractivity contribution in [3.05, 3.63) is 46.3 Å². The van der Waals surface area contributed by atoms with Crippen molar-refractivity contribution in [2.24, 2.45) is 0 Å². The number of aromatic nitrogens is 4. The van der Waals surface area contributed by atoms with E-state index in [1.165, 1.54) is 0 Å². The normalized spacial score (nSPS) is 11.4. The predicted molar refractivity (Wildman–Crippen MR) is 84.2 cm³/mol. The Balaban J connectivity index is 2.07. The zero-order valence-corrected chi connectivity index (χ0v) is 12.3. The van der Waals surface area contributed by atoms with Crippen molar-refractivity contribution in [3.63, 3.8) is 0 Å². The van der Waals surface area contributed by atoms with Gasteiger partial charge in [-0.05, 0) is 49.5 Å². The van der Waals surface area contributed by atoms with E-state index in [9.17, 15) is 0 Å². The van der Waals surface area contributed by atoms with E-state index in [1.54, 1.807) is 11.3 Å². The molecule has 0 radical (unpaired) electrons. The van der Waals surface area contributed by atoms with E-state index in [-0.39, 0.29) is 0 Å². The Labute approximate surface area is 123 Å². The van der Waals surface area contributed by atoms with Crippen LogP contribution in [-0.4, -0.2) is 19.5 Å². The first-order valence-electron chi connectivity index (χ1n) is 6.14. The molecule has 20 heavy (non-hydrogen) atoms. The molecule has 4 nitrogen and oxygen atoms in total. The van der Waals surface area contributed by atoms with E-state index in [4.69, 9.17) is 12.2 Å². The minimum atomic E-state index is 0.655. The Morgan fingerprint density at radius 2 is 2.15 bits per heavy atom. The van der Waals surface area contributed by atoms with E-state index < -0.39 is 0 Å². The van der Waals surface area contributed by atoms with Gasteiger partial charge in [-0.25, -0.2) is 9.97 Å². The summed E-state index contributed by atoms with van der Waals surface area (Å²) in [6.45, 7) is 1.98. The number of pyridine rings is 1. The maximum atomic E-state index is 5.44. The fourth-order valence-electron chi connectivity index (χ4n) is 2.30. The predicted octanol–water partition coefficient (Wildman–Crippen LogP) is 4.00. The summed E-state index contributed by atoms with van der Waals surface area (Å²) in [6, 6.07) is 10.1. The zero-order valence-electron chi connectivity index (χ0n) is 10.6. The Kier molecular flexibility index (Phi) is 2.48. The summed E-state index contributed by atoms with van der Waals surface area (Å²) >= 11 is 7.06. The van der Waals surface area contributed by atoms with Gasteiger partial charge in [0.15, 0.2) is 10.4 Å². The van der Waals surface area contributed by atoms with Crippen molar-refractivity contribution in [1.82, 2.24) is 19.5 Å². The summed E-state index contributed by atoms with van der Waals surface area (Å²) in [6.07, 6.45) is 0. The molecule has 3 aromatic heterocycles. The van der Waals surface area contributed by atoms with Gasteiger partial charge < -0.3 is 4.98 Å². The molecule has 0 saturated carbocycles. The van der Waals surface area contributed by atoms with Crippen molar-refractivity contribution in [2.45, 2.75) is 6.92 Å². The monoisotopic (exact) mass is 298 g/mol. The van der Waals surface area contributed by atoms with Crippen LogP contribution in [0.4, 0.5) is 0 Å². The van der Waals surface area contributed by atoms with Crippen LogP contribution in [0.2, 0.25) is 0 Å². The van der Waals surface area contributed by atoms with Gasteiger partial charge in [-0.15, -0.1) is 11.3 Å². The second-order valence-corrected chi connectivity index (χ2v) is 5.87. The molecule has 4 rings (SSSR count). The number of nitrogens with zero attached hydrogens (tertiary/aromatic N) is 3. The molecule has 3 heterocycles. The number of benzene rings is 1. The molecule has 0 aliphatic rings. The van der Waals surface area contributed by atoms with E-state index >= 15 is 0 Å². The molecule has 4 aromatic rings. The van der Waals surface area contributed by atoms with Crippen LogP contribution in [0.25, 0.3) is 27.1 Å². The standard InChI is InChI=1S/C14H10N4S2/c1-8-2-4-11-13(16-8)18(14(19)17-11)9-3-5-10-12(6-9)20-7-15-10/h2-7H,1H3,(H,17,19). The summed E-state index contributed by atoms with van der Waals surface area (Å²) < 4.78 is 3.77. The summed E-state index contributed by atoms with van der Waals surface area (Å²) in [5.74, 6) is 0. The van der Waals surface area contributed by atoms with Crippen LogP contribution < -0.4 is 0 Å². The maximum absolute atomic E-state index is 5.44. The van der Waals surface area contributed by atoms with Crippen LogP contribution in [-0.2, 0) is 0 Å². The number of fused-ring (bicyclic) bond motifs is 2. The third kappa shape index (κ3) is 1.69. The first-order chi connectivity index (χ1) is 9.72. The van der Waals surface area contributed by atoms with Crippen molar-refractivity contribution >= 4 is 44.9 Å². The summed E-state index contributed by atoms with van der Waals surface area (Å²) in [5.41, 5.74) is 6.65. The van der Waals surface area contributed by atoms with Crippen molar-refractivity contribution in [1.29, 1.82) is 0 Å². The largest absolute Gasteiger partial charge is 0.329 e. The van der Waals surface area contributed by atoms with Crippen molar-refractivity contribution in [3.8, 4) is 5.69 Å². The number of aryl methyl sites for hydroxylation is 1. The van der Waals surface area contributed by atoms with Gasteiger partial charge >= 0.3 is 0 Å². The average molecular weight is 298 g/mol. The maximum Gasteiger partial charge on any atom is 0.183 e. The number of H-pyrrole nitrogens is 1. The fourth-order valence-corrected chi connectivity index (χ4v) is 3.31. The Morgan fingerprint density at radius 3 is 3.05 bits per heavy atom. The number of aromatic amines is 1. The number of thiazole rings is 1. The van der Waals surface area contributed by atoms with Gasteiger partial charge in [-0.3, -0.25) is 4.57 Å². The van der Waals surface area contributed by atoms with Gasteiger partial charge in [0.1, 0.15) is 0 Å². The molecule has 0 aliphatic carbocycles.